The molecule has 1 aromatic rings. The minimum atomic E-state index is -1.27. The van der Waals surface area contributed by atoms with Crippen molar-refractivity contribution < 1.29 is 18.8 Å². The van der Waals surface area contributed by atoms with E-state index in [2.05, 4.69) is 11.4 Å². The number of likely N-dealkylation sites (N-methyl/N-ethyl adjacent to an activating group) is 1. The predicted molar refractivity (Wildman–Crippen MR) is 103 cm³/mol. The van der Waals surface area contributed by atoms with E-state index >= 15 is 0 Å². The lowest BCUT2D eigenvalue weighted by atomic mass is 9.87. The lowest BCUT2D eigenvalue weighted by molar-refractivity contribution is -0.138. The average Bonchev–Trinajstić information content (AvgIpc) is 2.95. The van der Waals surface area contributed by atoms with E-state index in [-0.39, 0.29) is 12.5 Å². The smallest absolute Gasteiger partial charge is 0.319 e. The number of nitrogens with one attached hydrogen (secondary N) is 1. The van der Waals surface area contributed by atoms with Crippen molar-refractivity contribution in [1.29, 1.82) is 0 Å². The molecule has 1 aliphatic carbocycles. The number of halogens is 1. The van der Waals surface area contributed by atoms with Crippen LogP contribution in [0.1, 0.15) is 51.5 Å². The lowest BCUT2D eigenvalue weighted by Crippen LogP contribution is -2.45. The summed E-state index contributed by atoms with van der Waals surface area (Å²) in [5.74, 6) is -1.17. The van der Waals surface area contributed by atoms with Gasteiger partial charge in [0.1, 0.15) is 17.9 Å². The maximum Gasteiger partial charge on any atom is 0.325 e. The topological polar surface area (TPSA) is 69.7 Å². The number of hydrogen-bond acceptors (Lipinski definition) is 3. The number of allylic oxidation sites excluding steroid dienone is 2. The van der Waals surface area contributed by atoms with Gasteiger partial charge in [-0.3, -0.25) is 14.5 Å². The van der Waals surface area contributed by atoms with Gasteiger partial charge in [0.2, 0.25) is 5.91 Å². The molecule has 1 fully saturated rings. The van der Waals surface area contributed by atoms with Gasteiger partial charge in [-0.05, 0) is 56.7 Å². The monoisotopic (exact) mass is 387 g/mol. The standard InChI is InChI=1S/C21H26FN3O3/c1-3-21(15-10-12-16(22)13-11-15)19(27)25(20(28)23-21)14-18(26)24(4-2)17-8-6-5-7-9-17/h8,10-13H,3-7,9,14H2,1-2H3,(H,23,28)/t21-/m0/s1. The number of imide groups is 1. The SMILES string of the molecule is CCN(C(=O)CN1C(=O)N[C@@](CC)(c2ccc(F)cc2)C1=O)C1=CCCCC1. The first kappa shape index (κ1) is 20.0. The largest absolute Gasteiger partial charge is 0.325 e. The molecule has 1 aromatic carbocycles. The van der Waals surface area contributed by atoms with Gasteiger partial charge in [0, 0.05) is 12.2 Å². The fourth-order valence-electron chi connectivity index (χ4n) is 3.97. The second-order valence-electron chi connectivity index (χ2n) is 7.17. The molecule has 0 bridgehead atoms. The zero-order valence-electron chi connectivity index (χ0n) is 16.3. The zero-order valence-corrected chi connectivity index (χ0v) is 16.3. The van der Waals surface area contributed by atoms with E-state index in [0.717, 1.165) is 36.3 Å². The van der Waals surface area contributed by atoms with Crippen LogP contribution in [0.5, 0.6) is 0 Å². The summed E-state index contributed by atoms with van der Waals surface area (Å²) in [4.78, 5) is 41.2. The van der Waals surface area contributed by atoms with Crippen molar-refractivity contribution in [3.63, 3.8) is 0 Å². The van der Waals surface area contributed by atoms with Crippen molar-refractivity contribution in [1.82, 2.24) is 15.1 Å². The van der Waals surface area contributed by atoms with Gasteiger partial charge in [-0.1, -0.05) is 25.1 Å². The Hall–Kier alpha value is -2.70. The molecule has 0 radical (unpaired) electrons. The second kappa shape index (κ2) is 8.12. The molecule has 0 saturated carbocycles. The molecule has 0 spiro atoms. The highest BCUT2D eigenvalue weighted by molar-refractivity contribution is 6.09. The fourth-order valence-corrected chi connectivity index (χ4v) is 3.97. The van der Waals surface area contributed by atoms with Gasteiger partial charge in [-0.2, -0.15) is 0 Å². The predicted octanol–water partition coefficient (Wildman–Crippen LogP) is 3.29. The van der Waals surface area contributed by atoms with Crippen molar-refractivity contribution >= 4 is 17.8 Å². The molecule has 7 heteroatoms. The van der Waals surface area contributed by atoms with Crippen LogP contribution in [0.25, 0.3) is 0 Å². The Balaban J connectivity index is 1.81. The number of carbonyl (C=O) groups excluding carboxylic acids is 3. The number of urea groups is 1. The Morgan fingerprint density at radius 1 is 1.21 bits per heavy atom. The molecule has 0 aromatic heterocycles. The van der Waals surface area contributed by atoms with Crippen molar-refractivity contribution in [3.05, 3.63) is 47.4 Å². The highest BCUT2D eigenvalue weighted by Gasteiger charge is 2.51. The van der Waals surface area contributed by atoms with Gasteiger partial charge in [0.25, 0.3) is 5.91 Å². The molecule has 3 rings (SSSR count). The Labute approximate surface area is 164 Å². The van der Waals surface area contributed by atoms with Gasteiger partial charge >= 0.3 is 6.03 Å². The molecular weight excluding hydrogens is 361 g/mol. The molecule has 4 amide bonds. The van der Waals surface area contributed by atoms with Crippen molar-refractivity contribution in [3.8, 4) is 0 Å². The first-order valence-electron chi connectivity index (χ1n) is 9.82. The maximum absolute atomic E-state index is 13.3. The van der Waals surface area contributed by atoms with Gasteiger partial charge < -0.3 is 10.2 Å². The van der Waals surface area contributed by atoms with E-state index in [1.54, 1.807) is 11.8 Å². The first-order chi connectivity index (χ1) is 13.4. The van der Waals surface area contributed by atoms with Crippen LogP contribution in [0.15, 0.2) is 36.0 Å². The van der Waals surface area contributed by atoms with E-state index in [0.29, 0.717) is 18.5 Å². The van der Waals surface area contributed by atoms with E-state index < -0.39 is 23.3 Å². The van der Waals surface area contributed by atoms with Gasteiger partial charge in [-0.15, -0.1) is 0 Å². The number of nitrogens with zero attached hydrogens (tertiary/aromatic N) is 2. The minimum absolute atomic E-state index is 0.273. The molecule has 1 heterocycles. The van der Waals surface area contributed by atoms with Crippen LogP contribution in [0.3, 0.4) is 0 Å². The molecule has 1 saturated heterocycles. The number of amides is 4. The van der Waals surface area contributed by atoms with Gasteiger partial charge in [0.05, 0.1) is 0 Å². The third kappa shape index (κ3) is 3.53. The van der Waals surface area contributed by atoms with Crippen LogP contribution >= 0.6 is 0 Å². The lowest BCUT2D eigenvalue weighted by Gasteiger charge is -2.28. The summed E-state index contributed by atoms with van der Waals surface area (Å²) < 4.78 is 13.3. The van der Waals surface area contributed by atoms with E-state index in [1.165, 1.54) is 24.3 Å². The molecule has 2 aliphatic rings. The zero-order chi connectivity index (χ0) is 20.3. The quantitative estimate of drug-likeness (QED) is 0.762. The van der Waals surface area contributed by atoms with Crippen molar-refractivity contribution in [2.75, 3.05) is 13.1 Å². The van der Waals surface area contributed by atoms with Crippen LogP contribution in [0.4, 0.5) is 9.18 Å². The van der Waals surface area contributed by atoms with Gasteiger partial charge in [-0.25, -0.2) is 9.18 Å². The second-order valence-corrected chi connectivity index (χ2v) is 7.17. The third-order valence-corrected chi connectivity index (χ3v) is 5.57. The molecule has 0 unspecified atom stereocenters. The van der Waals surface area contributed by atoms with E-state index in [4.69, 9.17) is 0 Å². The summed E-state index contributed by atoms with van der Waals surface area (Å²) in [7, 11) is 0. The fraction of sp³-hybridized carbons (Fsp3) is 0.476. The van der Waals surface area contributed by atoms with Gasteiger partial charge in [0.15, 0.2) is 0 Å². The molecule has 6 nitrogen and oxygen atoms in total. The van der Waals surface area contributed by atoms with Crippen LogP contribution in [-0.4, -0.2) is 40.7 Å². The Kier molecular flexibility index (Phi) is 5.82. The highest BCUT2D eigenvalue weighted by atomic mass is 19.1. The van der Waals surface area contributed by atoms with Crippen LogP contribution in [0.2, 0.25) is 0 Å². The maximum atomic E-state index is 13.3. The van der Waals surface area contributed by atoms with Crippen LogP contribution in [0, 0.1) is 5.82 Å². The molecule has 28 heavy (non-hydrogen) atoms. The minimum Gasteiger partial charge on any atom is -0.319 e. The third-order valence-electron chi connectivity index (χ3n) is 5.57. The molecule has 1 atom stereocenters. The number of rotatable bonds is 6. The number of hydrogen-bond donors (Lipinski definition) is 1. The summed E-state index contributed by atoms with van der Waals surface area (Å²) in [6, 6.07) is 4.90. The summed E-state index contributed by atoms with van der Waals surface area (Å²) >= 11 is 0. The van der Waals surface area contributed by atoms with Crippen molar-refractivity contribution in [2.45, 2.75) is 51.5 Å². The highest BCUT2D eigenvalue weighted by Crippen LogP contribution is 2.32. The average molecular weight is 387 g/mol. The van der Waals surface area contributed by atoms with E-state index in [9.17, 15) is 18.8 Å². The summed E-state index contributed by atoms with van der Waals surface area (Å²) in [6.45, 7) is 3.84. The normalized spacial score (nSPS) is 22.1. The summed E-state index contributed by atoms with van der Waals surface area (Å²) in [5, 5.41) is 2.72. The van der Waals surface area contributed by atoms with E-state index in [1.807, 2.05) is 6.92 Å². The molecule has 150 valence electrons. The van der Waals surface area contributed by atoms with Crippen LogP contribution < -0.4 is 5.32 Å². The molecule has 1 N–H and O–H groups in total. The molecule has 1 aliphatic heterocycles. The Morgan fingerprint density at radius 2 is 1.93 bits per heavy atom. The number of benzene rings is 1. The Morgan fingerprint density at radius 3 is 2.50 bits per heavy atom. The number of carbonyl (C=O) groups is 3. The molecular formula is C21H26FN3O3. The van der Waals surface area contributed by atoms with Crippen LogP contribution in [-0.2, 0) is 15.1 Å². The summed E-state index contributed by atoms with van der Waals surface area (Å²) in [6.07, 6.45) is 6.27. The van der Waals surface area contributed by atoms with Crippen molar-refractivity contribution in [2.24, 2.45) is 0 Å². The Bertz CT molecular complexity index is 806. The first-order valence-corrected chi connectivity index (χ1v) is 9.82. The summed E-state index contributed by atoms with van der Waals surface area (Å²) in [5.41, 5.74) is 0.199.